The van der Waals surface area contributed by atoms with Crippen molar-refractivity contribution in [3.05, 3.63) is 33.7 Å². The Morgan fingerprint density at radius 1 is 1.38 bits per heavy atom. The van der Waals surface area contributed by atoms with Gasteiger partial charge >= 0.3 is 5.97 Å². The number of nitroso groups, excluding NO2 is 1. The van der Waals surface area contributed by atoms with Crippen LogP contribution >= 0.6 is 23.3 Å². The number of aromatic nitrogens is 2. The van der Waals surface area contributed by atoms with E-state index in [4.69, 9.17) is 5.73 Å². The van der Waals surface area contributed by atoms with Gasteiger partial charge in [-0.05, 0) is 48.7 Å². The van der Waals surface area contributed by atoms with Gasteiger partial charge in [0.15, 0.2) is 11.0 Å². The Balaban J connectivity index is 1.30. The standard InChI is InChI=1S/C21H24N8O6S2/c22-21-25-15(27-37-21)12(26-35)16(30)24-13-18(32)29-14(20(33)34)11(8-36-19(13)29)5-10-2-4-28(17(10)31)7-9-1-3-23-6-9/h5,9,12-13,19,23H,1-4,6-8H2,(H,24,30)(H,33,34)(H2,22,25,27)/t9?,12?,13-,19?/m1/s1. The number of anilines is 1. The highest BCUT2D eigenvalue weighted by atomic mass is 32.2. The normalized spacial score (nSPS) is 27.4. The fourth-order valence-corrected chi connectivity index (χ4v) is 6.69. The second-order valence-electron chi connectivity index (χ2n) is 9.10. The van der Waals surface area contributed by atoms with Crippen LogP contribution in [0, 0.1) is 10.8 Å². The van der Waals surface area contributed by atoms with E-state index in [0.717, 1.165) is 35.9 Å². The number of allylic oxidation sites excluding steroid dienone is 1. The van der Waals surface area contributed by atoms with Crippen molar-refractivity contribution in [2.24, 2.45) is 11.1 Å². The fourth-order valence-electron chi connectivity index (χ4n) is 4.92. The summed E-state index contributed by atoms with van der Waals surface area (Å²) in [7, 11) is 0. The number of nitrogens with zero attached hydrogens (tertiary/aromatic N) is 5. The van der Waals surface area contributed by atoms with Crippen LogP contribution in [-0.4, -0.2) is 91.3 Å². The molecule has 4 atom stereocenters. The van der Waals surface area contributed by atoms with Crippen molar-refractivity contribution >= 4 is 52.1 Å². The van der Waals surface area contributed by atoms with Gasteiger partial charge in [-0.3, -0.25) is 19.3 Å². The number of amides is 3. The molecule has 4 aliphatic heterocycles. The highest BCUT2D eigenvalue weighted by molar-refractivity contribution is 8.00. The summed E-state index contributed by atoms with van der Waals surface area (Å²) in [5, 5.41) is 17.8. The van der Waals surface area contributed by atoms with Crippen LogP contribution in [0.15, 0.2) is 28.1 Å². The Morgan fingerprint density at radius 3 is 2.84 bits per heavy atom. The summed E-state index contributed by atoms with van der Waals surface area (Å²) in [5.41, 5.74) is 6.18. The molecule has 3 amide bonds. The highest BCUT2D eigenvalue weighted by Gasteiger charge is 2.54. The number of nitrogens with one attached hydrogen (secondary N) is 2. The second kappa shape index (κ2) is 10.2. The van der Waals surface area contributed by atoms with Crippen LogP contribution in [0.3, 0.4) is 0 Å². The summed E-state index contributed by atoms with van der Waals surface area (Å²) in [6.45, 7) is 3.06. The van der Waals surface area contributed by atoms with Crippen molar-refractivity contribution in [2.75, 3.05) is 37.7 Å². The zero-order valence-electron chi connectivity index (χ0n) is 19.5. The average molecular weight is 549 g/mol. The van der Waals surface area contributed by atoms with E-state index in [1.807, 2.05) is 0 Å². The Hall–Kier alpha value is -3.37. The molecule has 0 saturated carbocycles. The van der Waals surface area contributed by atoms with Crippen LogP contribution in [0.4, 0.5) is 5.13 Å². The number of thioether (sulfide) groups is 1. The molecule has 1 aromatic rings. The zero-order chi connectivity index (χ0) is 26.3. The average Bonchev–Trinajstić information content (AvgIpc) is 3.62. The third-order valence-corrected chi connectivity index (χ3v) is 8.62. The number of carbonyl (C=O) groups excluding carboxylic acids is 3. The zero-order valence-corrected chi connectivity index (χ0v) is 21.1. The van der Waals surface area contributed by atoms with Crippen LogP contribution in [0.5, 0.6) is 0 Å². The number of likely N-dealkylation sites (tertiary alicyclic amines) is 1. The van der Waals surface area contributed by atoms with Crippen LogP contribution in [0.1, 0.15) is 24.7 Å². The third-order valence-electron chi connectivity index (χ3n) is 6.76. The van der Waals surface area contributed by atoms with Crippen LogP contribution in [0.2, 0.25) is 0 Å². The number of nitrogens with two attached hydrogens (primary N) is 1. The SMILES string of the molecule is Nc1nc(C(N=O)C(=O)N[C@@H]2C(=O)N3C(C(=O)O)=C(C=C4CCN(CC5CCNC5)C4=O)CSC23)ns1. The molecule has 0 radical (unpaired) electrons. The maximum atomic E-state index is 12.9. The fraction of sp³-hybridized carbons (Fsp3) is 0.524. The van der Waals surface area contributed by atoms with E-state index < -0.39 is 35.2 Å². The molecule has 0 bridgehead atoms. The van der Waals surface area contributed by atoms with Gasteiger partial charge in [-0.15, -0.1) is 16.7 Å². The van der Waals surface area contributed by atoms with Crippen LogP contribution < -0.4 is 16.4 Å². The van der Waals surface area contributed by atoms with Crippen molar-refractivity contribution in [1.82, 2.24) is 29.8 Å². The minimum Gasteiger partial charge on any atom is -0.477 e. The number of carbonyl (C=O) groups is 4. The van der Waals surface area contributed by atoms with E-state index in [0.29, 0.717) is 36.6 Å². The summed E-state index contributed by atoms with van der Waals surface area (Å²) in [4.78, 5) is 68.6. The summed E-state index contributed by atoms with van der Waals surface area (Å²) in [6.07, 6.45) is 3.11. The van der Waals surface area contributed by atoms with Crippen molar-refractivity contribution in [3.63, 3.8) is 0 Å². The maximum Gasteiger partial charge on any atom is 0.352 e. The van der Waals surface area contributed by atoms with Crippen molar-refractivity contribution in [1.29, 1.82) is 0 Å². The van der Waals surface area contributed by atoms with E-state index in [-0.39, 0.29) is 28.3 Å². The van der Waals surface area contributed by atoms with E-state index in [1.54, 1.807) is 11.0 Å². The predicted octanol–water partition coefficient (Wildman–Crippen LogP) is -0.565. The van der Waals surface area contributed by atoms with E-state index in [1.165, 1.54) is 11.8 Å². The van der Waals surface area contributed by atoms with Gasteiger partial charge in [0, 0.05) is 35.9 Å². The molecule has 16 heteroatoms. The first-order valence-electron chi connectivity index (χ1n) is 11.6. The lowest BCUT2D eigenvalue weighted by molar-refractivity contribution is -0.150. The summed E-state index contributed by atoms with van der Waals surface area (Å²) in [5.74, 6) is -2.47. The number of aliphatic carboxylic acids is 1. The lowest BCUT2D eigenvalue weighted by Crippen LogP contribution is -2.70. The second-order valence-corrected chi connectivity index (χ2v) is 11.0. The van der Waals surface area contributed by atoms with E-state index in [2.05, 4.69) is 25.2 Å². The number of rotatable bonds is 8. The maximum absolute atomic E-state index is 12.9. The summed E-state index contributed by atoms with van der Waals surface area (Å²) in [6, 6.07) is -2.64. The molecule has 14 nitrogen and oxygen atoms in total. The molecular weight excluding hydrogens is 524 g/mol. The Morgan fingerprint density at radius 2 is 2.19 bits per heavy atom. The molecule has 0 spiro atoms. The third kappa shape index (κ3) is 4.71. The van der Waals surface area contributed by atoms with E-state index in [9.17, 15) is 29.2 Å². The first-order chi connectivity index (χ1) is 17.8. The Kier molecular flexibility index (Phi) is 6.96. The lowest BCUT2D eigenvalue weighted by Gasteiger charge is -2.49. The molecule has 0 aliphatic carbocycles. The molecule has 3 saturated heterocycles. The number of hydrogen-bond donors (Lipinski definition) is 4. The molecule has 5 rings (SSSR count). The van der Waals surface area contributed by atoms with Gasteiger partial charge < -0.3 is 26.4 Å². The van der Waals surface area contributed by atoms with Gasteiger partial charge in [-0.25, -0.2) is 9.78 Å². The molecule has 5 N–H and O–H groups in total. The van der Waals surface area contributed by atoms with Gasteiger partial charge in [-0.2, -0.15) is 4.37 Å². The number of β-lactam (4-membered cyclic amide) rings is 1. The van der Waals surface area contributed by atoms with Crippen LogP contribution in [0.25, 0.3) is 0 Å². The Labute approximate surface area is 218 Å². The molecule has 5 heterocycles. The van der Waals surface area contributed by atoms with Gasteiger partial charge in [0.25, 0.3) is 11.8 Å². The number of carboxylic acid groups (broad SMARTS) is 1. The quantitative estimate of drug-likeness (QED) is 0.184. The summed E-state index contributed by atoms with van der Waals surface area (Å²) >= 11 is 2.06. The number of carboxylic acids is 1. The first-order valence-corrected chi connectivity index (χ1v) is 13.4. The molecule has 3 unspecified atom stereocenters. The molecule has 4 aliphatic rings. The first kappa shape index (κ1) is 25.3. The molecule has 37 heavy (non-hydrogen) atoms. The lowest BCUT2D eigenvalue weighted by atomic mass is 10.0. The Bertz CT molecular complexity index is 1230. The van der Waals surface area contributed by atoms with Crippen molar-refractivity contribution < 1.29 is 24.3 Å². The van der Waals surface area contributed by atoms with E-state index >= 15 is 0 Å². The smallest absolute Gasteiger partial charge is 0.352 e. The van der Waals surface area contributed by atoms with Crippen molar-refractivity contribution in [3.8, 4) is 0 Å². The number of fused-ring (bicyclic) bond motifs is 1. The van der Waals surface area contributed by atoms with Gasteiger partial charge in [0.05, 0.1) is 0 Å². The largest absolute Gasteiger partial charge is 0.477 e. The van der Waals surface area contributed by atoms with Gasteiger partial charge in [0.2, 0.25) is 11.9 Å². The predicted molar refractivity (Wildman–Crippen MR) is 133 cm³/mol. The van der Waals surface area contributed by atoms with Gasteiger partial charge in [-0.1, -0.05) is 0 Å². The molecule has 0 aromatic carbocycles. The van der Waals surface area contributed by atoms with Crippen molar-refractivity contribution in [2.45, 2.75) is 30.3 Å². The number of nitrogen functional groups attached to an aromatic ring is 1. The minimum atomic E-state index is -1.59. The summed E-state index contributed by atoms with van der Waals surface area (Å²) < 4.78 is 3.82. The van der Waals surface area contributed by atoms with Gasteiger partial charge in [0.1, 0.15) is 17.1 Å². The topological polar surface area (TPSA) is 200 Å². The van der Waals surface area contributed by atoms with Crippen LogP contribution in [-0.2, 0) is 19.2 Å². The highest BCUT2D eigenvalue weighted by Crippen LogP contribution is 2.41. The monoisotopic (exact) mass is 548 g/mol. The molecule has 196 valence electrons. The molecular formula is C21H24N8O6S2. The number of hydrogen-bond acceptors (Lipinski definition) is 12. The molecule has 1 aromatic heterocycles. The molecule has 3 fully saturated rings. The minimum absolute atomic E-state index is 0.0578.